The lowest BCUT2D eigenvalue weighted by Gasteiger charge is -2.27. The van der Waals surface area contributed by atoms with Crippen molar-refractivity contribution in [2.24, 2.45) is 0 Å². The zero-order valence-corrected chi connectivity index (χ0v) is 10.3. The lowest BCUT2D eigenvalue weighted by Crippen LogP contribution is -2.50. The number of piperidine rings is 1. The highest BCUT2D eigenvalue weighted by Gasteiger charge is 2.27. The van der Waals surface area contributed by atoms with Gasteiger partial charge in [0.15, 0.2) is 0 Å². The first-order chi connectivity index (χ1) is 8.08. The highest BCUT2D eigenvalue weighted by atomic mass is 35.5. The molecular weight excluding hydrogens is 245 g/mol. The van der Waals surface area contributed by atoms with Crippen LogP contribution >= 0.6 is 11.6 Å². The van der Waals surface area contributed by atoms with Gasteiger partial charge in [0.25, 0.3) is 5.91 Å². The maximum Gasteiger partial charge on any atom is 0.269 e. The Bertz CT molecular complexity index is 421. The molecule has 6 heteroatoms. The van der Waals surface area contributed by atoms with Gasteiger partial charge in [-0.15, -0.1) is 0 Å². The molecule has 17 heavy (non-hydrogen) atoms. The number of carbonyl (C=O) groups excluding carboxylic acids is 1. The normalized spacial score (nSPS) is 24.6. The fourth-order valence-electron chi connectivity index (χ4n) is 1.94. The number of aryl methyl sites for hydroxylation is 1. The van der Waals surface area contributed by atoms with Gasteiger partial charge in [0.05, 0.1) is 11.1 Å². The molecule has 4 nitrogen and oxygen atoms in total. The molecule has 2 heterocycles. The Morgan fingerprint density at radius 1 is 1.65 bits per heavy atom. The summed E-state index contributed by atoms with van der Waals surface area (Å²) in [4.78, 5) is 14.7. The van der Waals surface area contributed by atoms with Crippen molar-refractivity contribution in [3.63, 3.8) is 0 Å². The van der Waals surface area contributed by atoms with E-state index in [0.29, 0.717) is 23.7 Å². The van der Waals surface area contributed by atoms with Crippen molar-refractivity contribution >= 4 is 17.5 Å². The molecule has 0 saturated carbocycles. The van der Waals surface area contributed by atoms with E-state index < -0.39 is 12.2 Å². The van der Waals surface area contributed by atoms with Crippen LogP contribution in [0.2, 0.25) is 5.02 Å². The molecule has 1 saturated heterocycles. The van der Waals surface area contributed by atoms with Crippen LogP contribution in [0.1, 0.15) is 22.6 Å². The van der Waals surface area contributed by atoms with Gasteiger partial charge in [-0.2, -0.15) is 0 Å². The zero-order chi connectivity index (χ0) is 12.4. The number of halogens is 2. The molecule has 0 aliphatic carbocycles. The molecule has 2 atom stereocenters. The number of aromatic amines is 1. The lowest BCUT2D eigenvalue weighted by atomic mass is 10.0. The van der Waals surface area contributed by atoms with Gasteiger partial charge in [-0.25, -0.2) is 4.39 Å². The lowest BCUT2D eigenvalue weighted by molar-refractivity contribution is 0.0888. The van der Waals surface area contributed by atoms with Gasteiger partial charge >= 0.3 is 0 Å². The minimum atomic E-state index is -1.05. The fourth-order valence-corrected chi connectivity index (χ4v) is 2.24. The second-order valence-corrected chi connectivity index (χ2v) is 4.67. The Morgan fingerprint density at radius 2 is 2.41 bits per heavy atom. The molecule has 0 unspecified atom stereocenters. The van der Waals surface area contributed by atoms with Crippen LogP contribution in [0.25, 0.3) is 0 Å². The highest BCUT2D eigenvalue weighted by Crippen LogP contribution is 2.17. The Balaban J connectivity index is 2.03. The number of rotatable bonds is 2. The average molecular weight is 260 g/mol. The van der Waals surface area contributed by atoms with Crippen molar-refractivity contribution in [2.75, 3.05) is 13.1 Å². The molecule has 1 aromatic rings. The molecule has 3 N–H and O–H groups in total. The van der Waals surface area contributed by atoms with Crippen LogP contribution in [-0.2, 0) is 0 Å². The van der Waals surface area contributed by atoms with Crippen LogP contribution in [0.15, 0.2) is 6.07 Å². The van der Waals surface area contributed by atoms with Crippen LogP contribution in [0, 0.1) is 6.92 Å². The monoisotopic (exact) mass is 259 g/mol. The van der Waals surface area contributed by atoms with E-state index in [2.05, 4.69) is 15.6 Å². The second-order valence-electron chi connectivity index (χ2n) is 4.26. The molecule has 1 aliphatic heterocycles. The van der Waals surface area contributed by atoms with Crippen molar-refractivity contribution in [1.82, 2.24) is 15.6 Å². The SMILES string of the molecule is Cc1cc(Cl)c(C(=O)N[C@@H]2CCNC[C@@H]2F)[nH]1. The molecule has 1 fully saturated rings. The first-order valence-electron chi connectivity index (χ1n) is 5.58. The number of hydrogen-bond donors (Lipinski definition) is 3. The van der Waals surface area contributed by atoms with E-state index in [4.69, 9.17) is 11.6 Å². The molecule has 2 rings (SSSR count). The van der Waals surface area contributed by atoms with Crippen LogP contribution in [0.3, 0.4) is 0 Å². The van der Waals surface area contributed by atoms with Gasteiger partial charge in [0.2, 0.25) is 0 Å². The molecule has 1 aliphatic rings. The average Bonchev–Trinajstić information content (AvgIpc) is 2.61. The third kappa shape index (κ3) is 2.79. The molecule has 1 amide bonds. The summed E-state index contributed by atoms with van der Waals surface area (Å²) in [6.07, 6.45) is -0.466. The first-order valence-corrected chi connectivity index (χ1v) is 5.96. The summed E-state index contributed by atoms with van der Waals surface area (Å²) in [6.45, 7) is 2.80. The summed E-state index contributed by atoms with van der Waals surface area (Å²) < 4.78 is 13.5. The van der Waals surface area contributed by atoms with E-state index in [1.165, 1.54) is 0 Å². The molecule has 0 bridgehead atoms. The minimum absolute atomic E-state index is 0.280. The molecule has 0 aromatic carbocycles. The van der Waals surface area contributed by atoms with Crippen molar-refractivity contribution in [3.8, 4) is 0 Å². The molecule has 1 aromatic heterocycles. The Kier molecular flexibility index (Phi) is 3.69. The zero-order valence-electron chi connectivity index (χ0n) is 9.52. The number of hydrogen-bond acceptors (Lipinski definition) is 2. The summed E-state index contributed by atoms with van der Waals surface area (Å²) in [5, 5.41) is 5.97. The predicted molar refractivity (Wildman–Crippen MR) is 64.2 cm³/mol. The smallest absolute Gasteiger partial charge is 0.269 e. The van der Waals surface area contributed by atoms with Crippen molar-refractivity contribution in [1.29, 1.82) is 0 Å². The summed E-state index contributed by atoms with van der Waals surface area (Å²) in [7, 11) is 0. The van der Waals surface area contributed by atoms with E-state index in [1.807, 2.05) is 6.92 Å². The quantitative estimate of drug-likeness (QED) is 0.752. The Hall–Kier alpha value is -1.07. The van der Waals surface area contributed by atoms with E-state index in [9.17, 15) is 9.18 Å². The largest absolute Gasteiger partial charge is 0.353 e. The molecular formula is C11H15ClFN3O. The molecule has 0 radical (unpaired) electrons. The number of amides is 1. The van der Waals surface area contributed by atoms with Gasteiger partial charge < -0.3 is 15.6 Å². The number of aromatic nitrogens is 1. The Labute approximate surface area is 104 Å². The summed E-state index contributed by atoms with van der Waals surface area (Å²) in [5.41, 5.74) is 1.11. The number of nitrogens with one attached hydrogen (secondary N) is 3. The van der Waals surface area contributed by atoms with Crippen molar-refractivity contribution in [3.05, 3.63) is 22.5 Å². The first kappa shape index (κ1) is 12.4. The van der Waals surface area contributed by atoms with Gasteiger partial charge in [0, 0.05) is 12.2 Å². The van der Waals surface area contributed by atoms with Gasteiger partial charge in [-0.1, -0.05) is 11.6 Å². The predicted octanol–water partition coefficient (Wildman–Crippen LogP) is 1.41. The summed E-state index contributed by atoms with van der Waals surface area (Å²) in [6, 6.07) is 1.23. The second kappa shape index (κ2) is 5.06. The van der Waals surface area contributed by atoms with Gasteiger partial charge in [0.1, 0.15) is 11.9 Å². The number of carbonyl (C=O) groups is 1. The van der Waals surface area contributed by atoms with E-state index in [1.54, 1.807) is 6.07 Å². The van der Waals surface area contributed by atoms with Crippen molar-refractivity contribution < 1.29 is 9.18 Å². The molecule has 94 valence electrons. The summed E-state index contributed by atoms with van der Waals surface area (Å²) in [5.74, 6) is -0.349. The fraction of sp³-hybridized carbons (Fsp3) is 0.545. The van der Waals surface area contributed by atoms with Crippen LogP contribution in [0.4, 0.5) is 4.39 Å². The maximum absolute atomic E-state index is 13.5. The van der Waals surface area contributed by atoms with E-state index >= 15 is 0 Å². The topological polar surface area (TPSA) is 56.9 Å². The Morgan fingerprint density at radius 3 is 3.00 bits per heavy atom. The van der Waals surface area contributed by atoms with Crippen LogP contribution in [-0.4, -0.2) is 36.2 Å². The van der Waals surface area contributed by atoms with E-state index in [-0.39, 0.29) is 12.5 Å². The van der Waals surface area contributed by atoms with E-state index in [0.717, 1.165) is 5.69 Å². The number of alkyl halides is 1. The molecule has 0 spiro atoms. The summed E-state index contributed by atoms with van der Waals surface area (Å²) >= 11 is 5.90. The maximum atomic E-state index is 13.5. The standard InChI is InChI=1S/C11H15ClFN3O/c1-6-4-7(12)10(15-6)11(17)16-9-2-3-14-5-8(9)13/h4,8-9,14-15H,2-3,5H2,1H3,(H,16,17)/t8-,9+/m0/s1. The van der Waals surface area contributed by atoms with Crippen LogP contribution < -0.4 is 10.6 Å². The van der Waals surface area contributed by atoms with Gasteiger partial charge in [-0.05, 0) is 26.0 Å². The highest BCUT2D eigenvalue weighted by molar-refractivity contribution is 6.33. The minimum Gasteiger partial charge on any atom is -0.353 e. The van der Waals surface area contributed by atoms with Crippen LogP contribution in [0.5, 0.6) is 0 Å². The third-order valence-corrected chi connectivity index (χ3v) is 3.15. The van der Waals surface area contributed by atoms with Crippen molar-refractivity contribution in [2.45, 2.75) is 25.6 Å². The van der Waals surface area contributed by atoms with Gasteiger partial charge in [-0.3, -0.25) is 4.79 Å². The number of H-pyrrole nitrogens is 1. The third-order valence-electron chi connectivity index (χ3n) is 2.86.